The molecule has 3 nitrogen and oxygen atoms in total. The lowest BCUT2D eigenvalue weighted by Gasteiger charge is -2.19. The number of benzene rings is 1. The maximum absolute atomic E-state index is 11.9. The van der Waals surface area contributed by atoms with Gasteiger partial charge in [-0.2, -0.15) is 0 Å². The van der Waals surface area contributed by atoms with Crippen LogP contribution in [0.3, 0.4) is 0 Å². The van der Waals surface area contributed by atoms with Crippen molar-refractivity contribution in [3.63, 3.8) is 0 Å². The molecule has 0 aliphatic carbocycles. The average molecular weight is 248 g/mol. The zero-order valence-electron chi connectivity index (χ0n) is 11.7. The van der Waals surface area contributed by atoms with Crippen LogP contribution in [0.25, 0.3) is 0 Å². The van der Waals surface area contributed by atoms with Gasteiger partial charge in [-0.25, -0.2) is 0 Å². The van der Waals surface area contributed by atoms with Gasteiger partial charge in [-0.3, -0.25) is 4.79 Å². The van der Waals surface area contributed by atoms with E-state index in [4.69, 9.17) is 0 Å². The molecule has 0 bridgehead atoms. The first-order chi connectivity index (χ1) is 8.50. The SMILES string of the molecule is CC(NCC(C)C(C)C)C(=O)Nc1ccccc1. The van der Waals surface area contributed by atoms with Gasteiger partial charge in [0.05, 0.1) is 6.04 Å². The lowest BCUT2D eigenvalue weighted by molar-refractivity contribution is -0.117. The number of rotatable bonds is 6. The van der Waals surface area contributed by atoms with E-state index in [0.717, 1.165) is 12.2 Å². The molecule has 0 aliphatic rings. The van der Waals surface area contributed by atoms with E-state index >= 15 is 0 Å². The fourth-order valence-electron chi connectivity index (χ4n) is 1.46. The van der Waals surface area contributed by atoms with Gasteiger partial charge in [-0.15, -0.1) is 0 Å². The number of nitrogens with one attached hydrogen (secondary N) is 2. The molecule has 0 heterocycles. The van der Waals surface area contributed by atoms with Gasteiger partial charge in [0.1, 0.15) is 0 Å². The Hall–Kier alpha value is -1.35. The molecule has 100 valence electrons. The summed E-state index contributed by atoms with van der Waals surface area (Å²) in [5, 5.41) is 6.16. The summed E-state index contributed by atoms with van der Waals surface area (Å²) in [6.07, 6.45) is 0. The Morgan fingerprint density at radius 2 is 1.72 bits per heavy atom. The topological polar surface area (TPSA) is 41.1 Å². The van der Waals surface area contributed by atoms with Gasteiger partial charge in [0.15, 0.2) is 0 Å². The van der Waals surface area contributed by atoms with Gasteiger partial charge in [0.2, 0.25) is 5.91 Å². The first-order valence-electron chi connectivity index (χ1n) is 6.60. The Morgan fingerprint density at radius 3 is 2.28 bits per heavy atom. The van der Waals surface area contributed by atoms with Crippen LogP contribution in [-0.4, -0.2) is 18.5 Å². The number of carbonyl (C=O) groups is 1. The largest absolute Gasteiger partial charge is 0.325 e. The Kier molecular flexibility index (Phi) is 5.86. The zero-order chi connectivity index (χ0) is 13.5. The molecule has 2 atom stereocenters. The zero-order valence-corrected chi connectivity index (χ0v) is 11.7. The number of para-hydroxylation sites is 1. The van der Waals surface area contributed by atoms with Gasteiger partial charge in [-0.1, -0.05) is 39.0 Å². The second-order valence-corrected chi connectivity index (χ2v) is 5.21. The summed E-state index contributed by atoms with van der Waals surface area (Å²) in [6.45, 7) is 9.34. The van der Waals surface area contributed by atoms with E-state index in [-0.39, 0.29) is 11.9 Å². The van der Waals surface area contributed by atoms with Gasteiger partial charge >= 0.3 is 0 Å². The third-order valence-corrected chi connectivity index (χ3v) is 3.32. The summed E-state index contributed by atoms with van der Waals surface area (Å²) in [4.78, 5) is 11.9. The van der Waals surface area contributed by atoms with Crippen LogP contribution in [0.5, 0.6) is 0 Å². The van der Waals surface area contributed by atoms with Crippen LogP contribution in [0.2, 0.25) is 0 Å². The number of carbonyl (C=O) groups excluding carboxylic acids is 1. The molecular formula is C15H24N2O. The molecule has 0 fully saturated rings. The molecule has 0 spiro atoms. The Labute approximate surface area is 110 Å². The molecule has 2 N–H and O–H groups in total. The Balaban J connectivity index is 2.38. The van der Waals surface area contributed by atoms with E-state index in [2.05, 4.69) is 31.4 Å². The number of hydrogen-bond donors (Lipinski definition) is 2. The van der Waals surface area contributed by atoms with Crippen molar-refractivity contribution in [2.45, 2.75) is 33.7 Å². The molecule has 0 aromatic heterocycles. The molecule has 18 heavy (non-hydrogen) atoms. The molecular weight excluding hydrogens is 224 g/mol. The monoisotopic (exact) mass is 248 g/mol. The molecule has 0 saturated carbocycles. The first-order valence-corrected chi connectivity index (χ1v) is 6.60. The normalized spacial score (nSPS) is 14.3. The molecule has 1 rings (SSSR count). The fourth-order valence-corrected chi connectivity index (χ4v) is 1.46. The number of amides is 1. The van der Waals surface area contributed by atoms with Crippen LogP contribution in [0, 0.1) is 11.8 Å². The molecule has 2 unspecified atom stereocenters. The van der Waals surface area contributed by atoms with E-state index in [9.17, 15) is 4.79 Å². The maximum atomic E-state index is 11.9. The van der Waals surface area contributed by atoms with Crippen molar-refractivity contribution in [1.82, 2.24) is 5.32 Å². The third kappa shape index (κ3) is 4.88. The molecule has 1 aromatic rings. The second kappa shape index (κ2) is 7.17. The highest BCUT2D eigenvalue weighted by Crippen LogP contribution is 2.09. The molecule has 1 aromatic carbocycles. The third-order valence-electron chi connectivity index (χ3n) is 3.32. The first kappa shape index (κ1) is 14.7. The summed E-state index contributed by atoms with van der Waals surface area (Å²) in [7, 11) is 0. The van der Waals surface area contributed by atoms with E-state index in [0.29, 0.717) is 11.8 Å². The predicted octanol–water partition coefficient (Wildman–Crippen LogP) is 2.90. The van der Waals surface area contributed by atoms with Crippen molar-refractivity contribution >= 4 is 11.6 Å². The van der Waals surface area contributed by atoms with Crippen LogP contribution in [0.4, 0.5) is 5.69 Å². The van der Waals surface area contributed by atoms with Crippen molar-refractivity contribution in [2.75, 3.05) is 11.9 Å². The van der Waals surface area contributed by atoms with E-state index in [1.165, 1.54) is 0 Å². The molecule has 0 radical (unpaired) electrons. The second-order valence-electron chi connectivity index (χ2n) is 5.21. The van der Waals surface area contributed by atoms with Crippen molar-refractivity contribution in [3.8, 4) is 0 Å². The highest BCUT2D eigenvalue weighted by atomic mass is 16.2. The average Bonchev–Trinajstić information content (AvgIpc) is 2.36. The van der Waals surface area contributed by atoms with Gasteiger partial charge < -0.3 is 10.6 Å². The summed E-state index contributed by atoms with van der Waals surface area (Å²) in [6, 6.07) is 9.36. The van der Waals surface area contributed by atoms with Crippen LogP contribution in [0.1, 0.15) is 27.7 Å². The van der Waals surface area contributed by atoms with Crippen LogP contribution in [0.15, 0.2) is 30.3 Å². The minimum atomic E-state index is -0.175. The van der Waals surface area contributed by atoms with Gasteiger partial charge in [0.25, 0.3) is 0 Å². The molecule has 0 saturated heterocycles. The van der Waals surface area contributed by atoms with Crippen LogP contribution in [-0.2, 0) is 4.79 Å². The lowest BCUT2D eigenvalue weighted by atomic mass is 9.98. The fraction of sp³-hybridized carbons (Fsp3) is 0.533. The van der Waals surface area contributed by atoms with Crippen LogP contribution < -0.4 is 10.6 Å². The molecule has 3 heteroatoms. The summed E-state index contributed by atoms with van der Waals surface area (Å²) < 4.78 is 0. The summed E-state index contributed by atoms with van der Waals surface area (Å²) in [5.41, 5.74) is 0.841. The summed E-state index contributed by atoms with van der Waals surface area (Å²) >= 11 is 0. The standard InChI is InChI=1S/C15H24N2O/c1-11(2)12(3)10-16-13(4)15(18)17-14-8-6-5-7-9-14/h5-9,11-13,16H,10H2,1-4H3,(H,17,18). The number of anilines is 1. The van der Waals surface area contributed by atoms with Crippen molar-refractivity contribution < 1.29 is 4.79 Å². The predicted molar refractivity (Wildman–Crippen MR) is 76.5 cm³/mol. The van der Waals surface area contributed by atoms with Crippen LogP contribution >= 0.6 is 0 Å². The lowest BCUT2D eigenvalue weighted by Crippen LogP contribution is -2.40. The van der Waals surface area contributed by atoms with E-state index in [1.807, 2.05) is 37.3 Å². The highest BCUT2D eigenvalue weighted by molar-refractivity contribution is 5.94. The Bertz CT molecular complexity index is 362. The summed E-state index contributed by atoms with van der Waals surface area (Å²) in [5.74, 6) is 1.20. The van der Waals surface area contributed by atoms with Gasteiger partial charge in [-0.05, 0) is 37.4 Å². The van der Waals surface area contributed by atoms with Crippen molar-refractivity contribution in [2.24, 2.45) is 11.8 Å². The minimum Gasteiger partial charge on any atom is -0.325 e. The molecule has 0 aliphatic heterocycles. The Morgan fingerprint density at radius 1 is 1.11 bits per heavy atom. The minimum absolute atomic E-state index is 0.0113. The molecule has 1 amide bonds. The highest BCUT2D eigenvalue weighted by Gasteiger charge is 2.14. The van der Waals surface area contributed by atoms with Gasteiger partial charge in [0, 0.05) is 5.69 Å². The van der Waals surface area contributed by atoms with E-state index < -0.39 is 0 Å². The smallest absolute Gasteiger partial charge is 0.241 e. The maximum Gasteiger partial charge on any atom is 0.241 e. The van der Waals surface area contributed by atoms with Crippen molar-refractivity contribution in [3.05, 3.63) is 30.3 Å². The quantitative estimate of drug-likeness (QED) is 0.812. The number of hydrogen-bond acceptors (Lipinski definition) is 2. The van der Waals surface area contributed by atoms with E-state index in [1.54, 1.807) is 0 Å². The van der Waals surface area contributed by atoms with Crippen molar-refractivity contribution in [1.29, 1.82) is 0 Å².